The predicted molar refractivity (Wildman–Crippen MR) is 117 cm³/mol. The number of carbonyl (C=O) groups is 2. The predicted octanol–water partition coefficient (Wildman–Crippen LogP) is 2.98. The molecule has 0 aliphatic rings. The van der Waals surface area contributed by atoms with Crippen LogP contribution in [0.15, 0.2) is 48.5 Å². The van der Waals surface area contributed by atoms with Crippen molar-refractivity contribution in [2.75, 3.05) is 32.2 Å². The molecule has 8 heteroatoms. The van der Waals surface area contributed by atoms with Crippen LogP contribution in [0.25, 0.3) is 0 Å². The molecule has 7 nitrogen and oxygen atoms in total. The molecule has 2 aromatic carbocycles. The standard InChI is InChI=1S/C21H25N3O4S/c1-3-13-28-16-10-8-15(9-11-16)19(25)24-21(29)23-18-7-5-4-6-17(18)20(26)22-12-14-27-2/h4-11H,3,12-14H2,1-2H3,(H,22,26)(H2,23,24,25,29). The summed E-state index contributed by atoms with van der Waals surface area (Å²) in [5.41, 5.74) is 1.36. The molecular weight excluding hydrogens is 390 g/mol. The quantitative estimate of drug-likeness (QED) is 0.431. The molecule has 2 aromatic rings. The van der Waals surface area contributed by atoms with Crippen LogP contribution >= 0.6 is 12.2 Å². The normalized spacial score (nSPS) is 10.1. The Morgan fingerprint density at radius 1 is 1.00 bits per heavy atom. The van der Waals surface area contributed by atoms with Crippen molar-refractivity contribution >= 4 is 34.8 Å². The maximum atomic E-state index is 12.4. The van der Waals surface area contributed by atoms with Gasteiger partial charge in [0.1, 0.15) is 5.75 Å². The van der Waals surface area contributed by atoms with Crippen molar-refractivity contribution in [3.8, 4) is 5.75 Å². The molecule has 0 heterocycles. The first kappa shape index (κ1) is 22.3. The average Bonchev–Trinajstić information content (AvgIpc) is 2.73. The maximum absolute atomic E-state index is 12.4. The number of hydrogen-bond donors (Lipinski definition) is 3. The van der Waals surface area contributed by atoms with E-state index in [0.717, 1.165) is 6.42 Å². The Hall–Kier alpha value is -2.97. The van der Waals surface area contributed by atoms with Gasteiger partial charge in [0.15, 0.2) is 5.11 Å². The summed E-state index contributed by atoms with van der Waals surface area (Å²) in [5, 5.41) is 8.37. The number of ether oxygens (including phenoxy) is 2. The van der Waals surface area contributed by atoms with E-state index in [0.29, 0.717) is 42.3 Å². The smallest absolute Gasteiger partial charge is 0.257 e. The zero-order valence-corrected chi connectivity index (χ0v) is 17.3. The minimum atomic E-state index is -0.355. The maximum Gasteiger partial charge on any atom is 0.257 e. The lowest BCUT2D eigenvalue weighted by Gasteiger charge is -2.13. The second kappa shape index (κ2) is 11.8. The third kappa shape index (κ3) is 7.17. The minimum Gasteiger partial charge on any atom is -0.494 e. The summed E-state index contributed by atoms with van der Waals surface area (Å²) in [6.07, 6.45) is 0.911. The highest BCUT2D eigenvalue weighted by atomic mass is 32.1. The third-order valence-corrected chi connectivity index (χ3v) is 4.03. The van der Waals surface area contributed by atoms with Crippen LogP contribution in [0, 0.1) is 0 Å². The van der Waals surface area contributed by atoms with Gasteiger partial charge in [0.25, 0.3) is 11.8 Å². The molecule has 0 bridgehead atoms. The van der Waals surface area contributed by atoms with Gasteiger partial charge in [0.05, 0.1) is 24.5 Å². The third-order valence-electron chi connectivity index (χ3n) is 3.83. The Morgan fingerprint density at radius 2 is 1.72 bits per heavy atom. The van der Waals surface area contributed by atoms with Gasteiger partial charge in [0.2, 0.25) is 0 Å². The Balaban J connectivity index is 1.96. The number of anilines is 1. The fourth-order valence-corrected chi connectivity index (χ4v) is 2.61. The van der Waals surface area contributed by atoms with Crippen LogP contribution in [0.3, 0.4) is 0 Å². The first-order valence-electron chi connectivity index (χ1n) is 9.26. The van der Waals surface area contributed by atoms with E-state index >= 15 is 0 Å². The van der Waals surface area contributed by atoms with Crippen molar-refractivity contribution in [2.45, 2.75) is 13.3 Å². The Bertz CT molecular complexity index is 840. The molecule has 0 fully saturated rings. The lowest BCUT2D eigenvalue weighted by molar-refractivity contribution is 0.0936. The molecule has 29 heavy (non-hydrogen) atoms. The number of rotatable bonds is 9. The first-order chi connectivity index (χ1) is 14.0. The van der Waals surface area contributed by atoms with Gasteiger partial charge >= 0.3 is 0 Å². The second-order valence-electron chi connectivity index (χ2n) is 6.08. The number of amides is 2. The Kier molecular flexibility index (Phi) is 9.07. The molecule has 3 N–H and O–H groups in total. The van der Waals surface area contributed by atoms with Gasteiger partial charge in [-0.3, -0.25) is 14.9 Å². The van der Waals surface area contributed by atoms with Crippen molar-refractivity contribution < 1.29 is 19.1 Å². The highest BCUT2D eigenvalue weighted by molar-refractivity contribution is 7.80. The summed E-state index contributed by atoms with van der Waals surface area (Å²) in [7, 11) is 1.56. The van der Waals surface area contributed by atoms with Crippen LogP contribution in [0.2, 0.25) is 0 Å². The molecule has 154 valence electrons. The van der Waals surface area contributed by atoms with Gasteiger partial charge in [-0.15, -0.1) is 0 Å². The van der Waals surface area contributed by atoms with Gasteiger partial charge in [-0.05, 0) is 55.0 Å². The number of benzene rings is 2. The van der Waals surface area contributed by atoms with E-state index in [-0.39, 0.29) is 16.9 Å². The summed E-state index contributed by atoms with van der Waals surface area (Å²) in [4.78, 5) is 24.7. The van der Waals surface area contributed by atoms with E-state index < -0.39 is 0 Å². The zero-order chi connectivity index (χ0) is 21.1. The number of thiocarbonyl (C=S) groups is 1. The minimum absolute atomic E-state index is 0.0958. The summed E-state index contributed by atoms with van der Waals surface area (Å²) in [6, 6.07) is 13.7. The van der Waals surface area contributed by atoms with Crippen molar-refractivity contribution in [3.05, 3.63) is 59.7 Å². The number of methoxy groups -OCH3 is 1. The fraction of sp³-hybridized carbons (Fsp3) is 0.286. The molecule has 2 amide bonds. The van der Waals surface area contributed by atoms with Crippen molar-refractivity contribution in [2.24, 2.45) is 0 Å². The molecule has 0 saturated heterocycles. The molecule has 0 atom stereocenters. The van der Waals surface area contributed by atoms with Crippen molar-refractivity contribution in [3.63, 3.8) is 0 Å². The molecule has 2 rings (SSSR count). The van der Waals surface area contributed by atoms with Crippen molar-refractivity contribution in [1.29, 1.82) is 0 Å². The Labute approximate surface area is 175 Å². The van der Waals surface area contributed by atoms with Gasteiger partial charge in [-0.1, -0.05) is 19.1 Å². The molecular formula is C21H25N3O4S. The van der Waals surface area contributed by atoms with Gasteiger partial charge in [0, 0.05) is 19.2 Å². The molecule has 0 radical (unpaired) electrons. The summed E-state index contributed by atoms with van der Waals surface area (Å²) in [5.74, 6) is 0.0889. The lowest BCUT2D eigenvalue weighted by Crippen LogP contribution is -2.35. The van der Waals surface area contributed by atoms with E-state index in [2.05, 4.69) is 16.0 Å². The van der Waals surface area contributed by atoms with Crippen LogP contribution in [-0.4, -0.2) is 43.8 Å². The molecule has 0 aliphatic carbocycles. The van der Waals surface area contributed by atoms with E-state index in [1.54, 1.807) is 55.6 Å². The SMILES string of the molecule is CCCOc1ccc(C(=O)NC(=S)Nc2ccccc2C(=O)NCCOC)cc1. The number of carbonyl (C=O) groups excluding carboxylic acids is 2. The van der Waals surface area contributed by atoms with Crippen LogP contribution in [0.1, 0.15) is 34.1 Å². The topological polar surface area (TPSA) is 88.7 Å². The second-order valence-corrected chi connectivity index (χ2v) is 6.48. The van der Waals surface area contributed by atoms with Gasteiger partial charge in [-0.2, -0.15) is 0 Å². The number of hydrogen-bond acceptors (Lipinski definition) is 5. The number of para-hydroxylation sites is 1. The molecule has 0 aliphatic heterocycles. The van der Waals surface area contributed by atoms with Gasteiger partial charge in [-0.25, -0.2) is 0 Å². The largest absolute Gasteiger partial charge is 0.494 e. The van der Waals surface area contributed by atoms with Gasteiger partial charge < -0.3 is 20.1 Å². The van der Waals surface area contributed by atoms with E-state index in [1.807, 2.05) is 6.92 Å². The highest BCUT2D eigenvalue weighted by Crippen LogP contribution is 2.15. The van der Waals surface area contributed by atoms with Crippen LogP contribution < -0.4 is 20.7 Å². The van der Waals surface area contributed by atoms with Crippen LogP contribution in [0.4, 0.5) is 5.69 Å². The molecule has 0 spiro atoms. The van der Waals surface area contributed by atoms with E-state index in [9.17, 15) is 9.59 Å². The Morgan fingerprint density at radius 3 is 2.41 bits per heavy atom. The number of nitrogens with one attached hydrogen (secondary N) is 3. The fourth-order valence-electron chi connectivity index (χ4n) is 2.40. The summed E-state index contributed by atoms with van der Waals surface area (Å²) in [6.45, 7) is 3.45. The average molecular weight is 416 g/mol. The molecule has 0 unspecified atom stereocenters. The monoisotopic (exact) mass is 415 g/mol. The lowest BCUT2D eigenvalue weighted by atomic mass is 10.1. The van der Waals surface area contributed by atoms with Crippen molar-refractivity contribution in [1.82, 2.24) is 10.6 Å². The zero-order valence-electron chi connectivity index (χ0n) is 16.5. The molecule has 0 saturated carbocycles. The first-order valence-corrected chi connectivity index (χ1v) is 9.67. The van der Waals surface area contributed by atoms with E-state index in [4.69, 9.17) is 21.7 Å². The summed E-state index contributed by atoms with van der Waals surface area (Å²) >= 11 is 5.23. The molecule has 0 aromatic heterocycles. The van der Waals surface area contributed by atoms with Crippen LogP contribution in [0.5, 0.6) is 5.75 Å². The van der Waals surface area contributed by atoms with E-state index in [1.165, 1.54) is 0 Å². The highest BCUT2D eigenvalue weighted by Gasteiger charge is 2.13. The summed E-state index contributed by atoms with van der Waals surface area (Å²) < 4.78 is 10.4. The van der Waals surface area contributed by atoms with Crippen LogP contribution in [-0.2, 0) is 4.74 Å².